The monoisotopic (exact) mass is 304 g/mol. The highest BCUT2D eigenvalue weighted by Gasteiger charge is 2.21. The molecule has 0 saturated carbocycles. The molecule has 0 saturated heterocycles. The van der Waals surface area contributed by atoms with Gasteiger partial charge in [-0.1, -0.05) is 0 Å². The molecule has 0 aliphatic carbocycles. The van der Waals surface area contributed by atoms with Crippen molar-refractivity contribution >= 4 is 17.8 Å². The fraction of sp³-hybridized carbons (Fsp3) is 0.286. The molecular formula is C14H16N4O4. The number of carbonyl (C=O) groups is 2. The zero-order chi connectivity index (χ0) is 15.9. The van der Waals surface area contributed by atoms with Gasteiger partial charge >= 0.3 is 5.97 Å². The lowest BCUT2D eigenvalue weighted by Crippen LogP contribution is -2.30. The van der Waals surface area contributed by atoms with Gasteiger partial charge in [-0.05, 0) is 19.1 Å². The van der Waals surface area contributed by atoms with E-state index in [1.54, 1.807) is 12.1 Å². The summed E-state index contributed by atoms with van der Waals surface area (Å²) in [4.78, 5) is 31.1. The molecule has 0 aromatic carbocycles. The van der Waals surface area contributed by atoms with Crippen LogP contribution >= 0.6 is 0 Å². The summed E-state index contributed by atoms with van der Waals surface area (Å²) in [7, 11) is 0. The van der Waals surface area contributed by atoms with Gasteiger partial charge in [-0.25, -0.2) is 9.97 Å². The Morgan fingerprint density at radius 1 is 1.36 bits per heavy atom. The van der Waals surface area contributed by atoms with Gasteiger partial charge in [-0.2, -0.15) is 0 Å². The normalized spacial score (nSPS) is 11.7. The number of nitrogens with zero attached hydrogens (tertiary/aromatic N) is 2. The second-order valence-electron chi connectivity index (χ2n) is 4.47. The number of hydrogen-bond donors (Lipinski definition) is 3. The Labute approximate surface area is 126 Å². The highest BCUT2D eigenvalue weighted by atomic mass is 16.4. The van der Waals surface area contributed by atoms with Crippen molar-refractivity contribution in [2.45, 2.75) is 19.4 Å². The SMILES string of the molecule is CCNc1ncc(C(=O)N[C@@H](CC(=O)O)c2ccco2)cn1. The average Bonchev–Trinajstić information content (AvgIpc) is 3.01. The maximum Gasteiger partial charge on any atom is 0.305 e. The first kappa shape index (κ1) is 15.5. The van der Waals surface area contributed by atoms with Gasteiger partial charge < -0.3 is 20.2 Å². The Morgan fingerprint density at radius 3 is 2.64 bits per heavy atom. The molecule has 1 atom stereocenters. The summed E-state index contributed by atoms with van der Waals surface area (Å²) < 4.78 is 5.17. The molecule has 116 valence electrons. The van der Waals surface area contributed by atoms with Crippen molar-refractivity contribution in [2.75, 3.05) is 11.9 Å². The van der Waals surface area contributed by atoms with Crippen LogP contribution < -0.4 is 10.6 Å². The van der Waals surface area contributed by atoms with Gasteiger partial charge in [0.05, 0.1) is 24.3 Å². The minimum Gasteiger partial charge on any atom is -0.481 e. The minimum absolute atomic E-state index is 0.239. The van der Waals surface area contributed by atoms with Crippen molar-refractivity contribution in [3.8, 4) is 0 Å². The molecule has 2 rings (SSSR count). The maximum atomic E-state index is 12.2. The number of carboxylic acid groups (broad SMARTS) is 1. The molecule has 8 nitrogen and oxygen atoms in total. The number of aliphatic carboxylic acids is 1. The van der Waals surface area contributed by atoms with E-state index in [-0.39, 0.29) is 12.0 Å². The van der Waals surface area contributed by atoms with Crippen molar-refractivity contribution in [3.05, 3.63) is 42.1 Å². The first-order chi connectivity index (χ1) is 10.6. The number of rotatable bonds is 7. The first-order valence-electron chi connectivity index (χ1n) is 6.72. The lowest BCUT2D eigenvalue weighted by Gasteiger charge is -2.14. The van der Waals surface area contributed by atoms with Crippen LogP contribution in [0.3, 0.4) is 0 Å². The Bertz CT molecular complexity index is 625. The van der Waals surface area contributed by atoms with Gasteiger partial charge in [-0.15, -0.1) is 0 Å². The summed E-state index contributed by atoms with van der Waals surface area (Å²) in [5, 5.41) is 14.5. The van der Waals surface area contributed by atoms with E-state index >= 15 is 0 Å². The van der Waals surface area contributed by atoms with E-state index in [1.165, 1.54) is 18.7 Å². The lowest BCUT2D eigenvalue weighted by molar-refractivity contribution is -0.137. The number of carboxylic acids is 1. The maximum absolute atomic E-state index is 12.2. The van der Waals surface area contributed by atoms with Crippen molar-refractivity contribution in [3.63, 3.8) is 0 Å². The number of aromatic nitrogens is 2. The van der Waals surface area contributed by atoms with Crippen LogP contribution in [0, 0.1) is 0 Å². The second-order valence-corrected chi connectivity index (χ2v) is 4.47. The summed E-state index contributed by atoms with van der Waals surface area (Å²) in [6.45, 7) is 2.58. The predicted octanol–water partition coefficient (Wildman–Crippen LogP) is 1.45. The van der Waals surface area contributed by atoms with Gasteiger partial charge in [0, 0.05) is 18.9 Å². The van der Waals surface area contributed by atoms with Crippen molar-refractivity contribution in [1.29, 1.82) is 0 Å². The highest BCUT2D eigenvalue weighted by Crippen LogP contribution is 2.18. The van der Waals surface area contributed by atoms with Crippen LogP contribution in [0.2, 0.25) is 0 Å². The van der Waals surface area contributed by atoms with Crippen LogP contribution in [-0.2, 0) is 4.79 Å². The Hall–Kier alpha value is -2.90. The fourth-order valence-corrected chi connectivity index (χ4v) is 1.82. The van der Waals surface area contributed by atoms with E-state index in [4.69, 9.17) is 9.52 Å². The molecule has 2 aromatic rings. The van der Waals surface area contributed by atoms with Gasteiger partial charge in [0.1, 0.15) is 5.76 Å². The molecule has 0 radical (unpaired) electrons. The van der Waals surface area contributed by atoms with Gasteiger partial charge in [-0.3, -0.25) is 9.59 Å². The molecular weight excluding hydrogens is 288 g/mol. The Morgan fingerprint density at radius 2 is 2.09 bits per heavy atom. The molecule has 2 aromatic heterocycles. The lowest BCUT2D eigenvalue weighted by atomic mass is 10.1. The third kappa shape index (κ3) is 4.05. The third-order valence-electron chi connectivity index (χ3n) is 2.82. The number of nitrogens with one attached hydrogen (secondary N) is 2. The molecule has 0 spiro atoms. The number of amides is 1. The van der Waals surface area contributed by atoms with Crippen molar-refractivity contribution in [1.82, 2.24) is 15.3 Å². The van der Waals surface area contributed by atoms with Crippen LogP contribution in [0.5, 0.6) is 0 Å². The van der Waals surface area contributed by atoms with Gasteiger partial charge in [0.2, 0.25) is 5.95 Å². The topological polar surface area (TPSA) is 117 Å². The van der Waals surface area contributed by atoms with Crippen LogP contribution in [-0.4, -0.2) is 33.5 Å². The van der Waals surface area contributed by atoms with E-state index in [0.29, 0.717) is 18.3 Å². The summed E-state index contributed by atoms with van der Waals surface area (Å²) >= 11 is 0. The molecule has 0 unspecified atom stereocenters. The molecule has 1 amide bonds. The van der Waals surface area contributed by atoms with E-state index < -0.39 is 17.9 Å². The molecule has 0 aliphatic rings. The number of hydrogen-bond acceptors (Lipinski definition) is 6. The first-order valence-corrected chi connectivity index (χ1v) is 6.72. The summed E-state index contributed by atoms with van der Waals surface area (Å²) in [5.74, 6) is -0.709. The highest BCUT2D eigenvalue weighted by molar-refractivity contribution is 5.94. The van der Waals surface area contributed by atoms with E-state index in [2.05, 4.69) is 20.6 Å². The standard InChI is InChI=1S/C14H16N4O4/c1-2-15-14-16-7-9(8-17-14)13(21)18-10(6-12(19)20)11-4-3-5-22-11/h3-5,7-8,10H,2,6H2,1H3,(H,18,21)(H,19,20)(H,15,16,17)/t10-/m0/s1. The molecule has 0 fully saturated rings. The van der Waals surface area contributed by atoms with Gasteiger partial charge in [0.15, 0.2) is 0 Å². The Kier molecular flexibility index (Phi) is 5.07. The van der Waals surface area contributed by atoms with Crippen LogP contribution in [0.1, 0.15) is 35.5 Å². The summed E-state index contributed by atoms with van der Waals surface area (Å²) in [5.41, 5.74) is 0.239. The van der Waals surface area contributed by atoms with Crippen molar-refractivity contribution < 1.29 is 19.1 Å². The third-order valence-corrected chi connectivity index (χ3v) is 2.82. The quantitative estimate of drug-likeness (QED) is 0.708. The fourth-order valence-electron chi connectivity index (χ4n) is 1.82. The molecule has 3 N–H and O–H groups in total. The van der Waals surface area contributed by atoms with Gasteiger partial charge in [0.25, 0.3) is 5.91 Å². The minimum atomic E-state index is -1.04. The molecule has 22 heavy (non-hydrogen) atoms. The van der Waals surface area contributed by atoms with Crippen LogP contribution in [0.25, 0.3) is 0 Å². The number of carbonyl (C=O) groups excluding carboxylic acids is 1. The molecule has 8 heteroatoms. The van der Waals surface area contributed by atoms with E-state index in [0.717, 1.165) is 0 Å². The number of furan rings is 1. The zero-order valence-electron chi connectivity index (χ0n) is 11.9. The second kappa shape index (κ2) is 7.21. The summed E-state index contributed by atoms with van der Waals surface area (Å²) in [6.07, 6.45) is 3.89. The molecule has 2 heterocycles. The van der Waals surface area contributed by atoms with E-state index in [1.807, 2.05) is 6.92 Å². The largest absolute Gasteiger partial charge is 0.481 e. The smallest absolute Gasteiger partial charge is 0.305 e. The zero-order valence-corrected chi connectivity index (χ0v) is 11.9. The average molecular weight is 304 g/mol. The molecule has 0 aliphatic heterocycles. The Balaban J connectivity index is 2.08. The molecule has 0 bridgehead atoms. The predicted molar refractivity (Wildman–Crippen MR) is 77.4 cm³/mol. The number of anilines is 1. The van der Waals surface area contributed by atoms with Crippen molar-refractivity contribution in [2.24, 2.45) is 0 Å². The van der Waals surface area contributed by atoms with E-state index in [9.17, 15) is 9.59 Å². The van der Waals surface area contributed by atoms with Crippen LogP contribution in [0.15, 0.2) is 35.2 Å². The van der Waals surface area contributed by atoms with Crippen LogP contribution in [0.4, 0.5) is 5.95 Å². The summed E-state index contributed by atoms with van der Waals surface area (Å²) in [6, 6.07) is 2.48.